The third-order valence-corrected chi connectivity index (χ3v) is 2.96. The molecule has 81 valence electrons. The van der Waals surface area contributed by atoms with Crippen molar-refractivity contribution in [3.05, 3.63) is 24.3 Å². The molecule has 1 aliphatic rings. The zero-order chi connectivity index (χ0) is 10.7. The first-order chi connectivity index (χ1) is 7.29. The second-order valence-corrected chi connectivity index (χ2v) is 3.85. The van der Waals surface area contributed by atoms with Crippen LogP contribution in [0.2, 0.25) is 0 Å². The molecule has 1 heterocycles. The molecule has 0 aromatic heterocycles. The summed E-state index contributed by atoms with van der Waals surface area (Å²) in [7, 11) is 0. The van der Waals surface area contributed by atoms with E-state index in [4.69, 9.17) is 5.11 Å². The van der Waals surface area contributed by atoms with Gasteiger partial charge in [-0.25, -0.2) is 0 Å². The van der Waals surface area contributed by atoms with E-state index in [1.807, 2.05) is 12.1 Å². The lowest BCUT2D eigenvalue weighted by molar-refractivity contribution is 0.271. The van der Waals surface area contributed by atoms with Crippen molar-refractivity contribution >= 4 is 5.69 Å². The molecule has 1 saturated heterocycles. The molecule has 0 unspecified atom stereocenters. The summed E-state index contributed by atoms with van der Waals surface area (Å²) in [6.45, 7) is 7.70. The van der Waals surface area contributed by atoms with Gasteiger partial charge in [0.2, 0.25) is 0 Å². The van der Waals surface area contributed by atoms with Gasteiger partial charge in [0.15, 0.2) is 0 Å². The Hall–Kier alpha value is -1.22. The molecule has 0 saturated carbocycles. The average Bonchev–Trinajstić information content (AvgIpc) is 2.30. The monoisotopic (exact) mass is 205 g/mol. The number of nitrogens with zero attached hydrogens (tertiary/aromatic N) is 2. The van der Waals surface area contributed by atoms with E-state index in [1.165, 1.54) is 0 Å². The Labute approximate surface area is 90.9 Å². The van der Waals surface area contributed by atoms with Gasteiger partial charge >= 0.3 is 0 Å². The third kappa shape index (κ3) is 2.42. The molecule has 1 radical (unpaired) electrons. The quantitative estimate of drug-likeness (QED) is 0.789. The fraction of sp³-hybridized carbons (Fsp3) is 0.500. The number of piperazine rings is 1. The number of anilines is 1. The van der Waals surface area contributed by atoms with Crippen LogP contribution in [-0.4, -0.2) is 42.7 Å². The van der Waals surface area contributed by atoms with Crippen molar-refractivity contribution in [2.75, 3.05) is 37.6 Å². The maximum atomic E-state index is 9.15. The normalized spacial score (nSPS) is 18.1. The van der Waals surface area contributed by atoms with Crippen molar-refractivity contribution < 1.29 is 5.11 Å². The van der Waals surface area contributed by atoms with Gasteiger partial charge in [-0.15, -0.1) is 0 Å². The van der Waals surface area contributed by atoms with Crippen LogP contribution in [0.4, 0.5) is 5.69 Å². The highest BCUT2D eigenvalue weighted by Gasteiger charge is 2.15. The molecule has 0 spiro atoms. The van der Waals surface area contributed by atoms with Crippen molar-refractivity contribution in [1.29, 1.82) is 0 Å². The molecule has 1 fully saturated rings. The van der Waals surface area contributed by atoms with Gasteiger partial charge in [-0.2, -0.15) is 0 Å². The predicted octanol–water partition coefficient (Wildman–Crippen LogP) is 1.33. The van der Waals surface area contributed by atoms with E-state index in [1.54, 1.807) is 6.07 Å². The van der Waals surface area contributed by atoms with Crippen LogP contribution in [0.3, 0.4) is 0 Å². The lowest BCUT2D eigenvalue weighted by Gasteiger charge is -2.35. The molecular weight excluding hydrogens is 188 g/mol. The number of benzene rings is 1. The molecule has 1 aromatic carbocycles. The number of phenols is 1. The summed E-state index contributed by atoms with van der Waals surface area (Å²) in [6.07, 6.45) is 0. The first-order valence-corrected chi connectivity index (χ1v) is 5.47. The fourth-order valence-corrected chi connectivity index (χ4v) is 1.93. The zero-order valence-electron chi connectivity index (χ0n) is 9.11. The topological polar surface area (TPSA) is 26.7 Å². The van der Waals surface area contributed by atoms with Crippen LogP contribution in [0.5, 0.6) is 5.75 Å². The number of phenolic OH excluding ortho intramolecular Hbond substituents is 1. The Morgan fingerprint density at radius 3 is 2.53 bits per heavy atom. The van der Waals surface area contributed by atoms with E-state index < -0.39 is 0 Å². The van der Waals surface area contributed by atoms with Gasteiger partial charge in [-0.05, 0) is 24.7 Å². The van der Waals surface area contributed by atoms with Crippen LogP contribution in [0.25, 0.3) is 0 Å². The highest BCUT2D eigenvalue weighted by Crippen LogP contribution is 2.18. The highest BCUT2D eigenvalue weighted by atomic mass is 16.3. The standard InChI is InChI=1S/C12H17N2O/c1-2-13-7-9-14(10-8-13)11-3-5-12(15)6-4-11/h3-5,15H,2,7-10H2,1H3. The molecule has 3 nitrogen and oxygen atoms in total. The van der Waals surface area contributed by atoms with Gasteiger partial charge in [-0.3, -0.25) is 0 Å². The number of likely N-dealkylation sites (N-methyl/N-ethyl adjacent to an activating group) is 1. The number of hydrogen-bond donors (Lipinski definition) is 1. The first-order valence-electron chi connectivity index (χ1n) is 5.47. The maximum Gasteiger partial charge on any atom is 0.123 e. The van der Waals surface area contributed by atoms with Crippen molar-refractivity contribution in [2.45, 2.75) is 6.92 Å². The molecule has 1 N–H and O–H groups in total. The van der Waals surface area contributed by atoms with Gasteiger partial charge in [0.25, 0.3) is 0 Å². The summed E-state index contributed by atoms with van der Waals surface area (Å²) >= 11 is 0. The lowest BCUT2D eigenvalue weighted by Crippen LogP contribution is -2.46. The highest BCUT2D eigenvalue weighted by molar-refractivity contribution is 5.48. The molecule has 3 heteroatoms. The summed E-state index contributed by atoms with van der Waals surface area (Å²) in [5.74, 6) is 0.214. The molecular formula is C12H17N2O. The lowest BCUT2D eigenvalue weighted by atomic mass is 10.2. The van der Waals surface area contributed by atoms with E-state index in [-0.39, 0.29) is 5.75 Å². The molecule has 0 bridgehead atoms. The largest absolute Gasteiger partial charge is 0.507 e. The number of hydrogen-bond acceptors (Lipinski definition) is 3. The van der Waals surface area contributed by atoms with E-state index in [0.29, 0.717) is 0 Å². The SMILES string of the molecule is CCN1CCN(c2c[c]c(O)cc2)CC1. The molecule has 15 heavy (non-hydrogen) atoms. The Bertz CT molecular complexity index is 302. The second-order valence-electron chi connectivity index (χ2n) is 3.85. The minimum absolute atomic E-state index is 0.214. The number of aromatic hydroxyl groups is 1. The van der Waals surface area contributed by atoms with Gasteiger partial charge in [-0.1, -0.05) is 6.92 Å². The van der Waals surface area contributed by atoms with E-state index in [2.05, 4.69) is 22.8 Å². The van der Waals surface area contributed by atoms with Gasteiger partial charge in [0.05, 0.1) is 0 Å². The summed E-state index contributed by atoms with van der Waals surface area (Å²) < 4.78 is 0. The maximum absolute atomic E-state index is 9.15. The predicted molar refractivity (Wildman–Crippen MR) is 61.3 cm³/mol. The summed E-state index contributed by atoms with van der Waals surface area (Å²) in [5, 5.41) is 9.15. The third-order valence-electron chi connectivity index (χ3n) is 2.96. The summed E-state index contributed by atoms with van der Waals surface area (Å²) in [6, 6.07) is 8.33. The molecule has 2 rings (SSSR count). The van der Waals surface area contributed by atoms with E-state index in [9.17, 15) is 0 Å². The van der Waals surface area contributed by atoms with Crippen molar-refractivity contribution in [1.82, 2.24) is 4.90 Å². The van der Waals surface area contributed by atoms with Crippen LogP contribution in [0.15, 0.2) is 18.2 Å². The Kier molecular flexibility index (Phi) is 3.11. The van der Waals surface area contributed by atoms with Crippen molar-refractivity contribution in [3.63, 3.8) is 0 Å². The Morgan fingerprint density at radius 1 is 1.27 bits per heavy atom. The minimum Gasteiger partial charge on any atom is -0.507 e. The van der Waals surface area contributed by atoms with Crippen molar-refractivity contribution in [2.24, 2.45) is 0 Å². The Morgan fingerprint density at radius 2 is 2.00 bits per heavy atom. The number of rotatable bonds is 2. The molecule has 0 amide bonds. The molecule has 1 aromatic rings. The van der Waals surface area contributed by atoms with Crippen LogP contribution in [-0.2, 0) is 0 Å². The van der Waals surface area contributed by atoms with Gasteiger partial charge < -0.3 is 14.9 Å². The van der Waals surface area contributed by atoms with E-state index in [0.717, 1.165) is 38.4 Å². The van der Waals surface area contributed by atoms with Gasteiger partial charge in [0, 0.05) is 37.9 Å². The van der Waals surface area contributed by atoms with Crippen LogP contribution >= 0.6 is 0 Å². The fourth-order valence-electron chi connectivity index (χ4n) is 1.93. The molecule has 0 aliphatic carbocycles. The summed E-state index contributed by atoms with van der Waals surface area (Å²) in [4.78, 5) is 4.78. The van der Waals surface area contributed by atoms with Gasteiger partial charge in [0.1, 0.15) is 5.75 Å². The minimum atomic E-state index is 0.214. The summed E-state index contributed by atoms with van der Waals surface area (Å²) in [5.41, 5.74) is 1.16. The van der Waals surface area contributed by atoms with Crippen LogP contribution < -0.4 is 4.90 Å². The second kappa shape index (κ2) is 4.53. The molecule has 1 aliphatic heterocycles. The van der Waals surface area contributed by atoms with Crippen LogP contribution in [0.1, 0.15) is 6.92 Å². The average molecular weight is 205 g/mol. The van der Waals surface area contributed by atoms with Crippen molar-refractivity contribution in [3.8, 4) is 5.75 Å². The Balaban J connectivity index is 1.98. The first kappa shape index (κ1) is 10.3. The molecule has 0 atom stereocenters. The smallest absolute Gasteiger partial charge is 0.123 e. The zero-order valence-corrected chi connectivity index (χ0v) is 9.11. The van der Waals surface area contributed by atoms with E-state index >= 15 is 0 Å². The van der Waals surface area contributed by atoms with Crippen LogP contribution in [0, 0.1) is 6.07 Å².